The lowest BCUT2D eigenvalue weighted by atomic mass is 9.95. The van der Waals surface area contributed by atoms with Gasteiger partial charge in [-0.05, 0) is 76.8 Å². The van der Waals surface area contributed by atoms with Gasteiger partial charge in [0, 0.05) is 12.1 Å². The molecule has 0 N–H and O–H groups in total. The van der Waals surface area contributed by atoms with Crippen LogP contribution in [0.25, 0.3) is 11.5 Å². The normalized spacial score (nSPS) is 21.6. The van der Waals surface area contributed by atoms with Gasteiger partial charge < -0.3 is 9.32 Å². The standard InChI is InChI=1S/C20H28N4O/c1-16(19-21-22-20(25-19)18-7-3-2-4-8-18)24-13-9-17(10-14-24)15-23-11-5-6-12-23/h2-4,7-8,16-17H,5-6,9-15H2,1H3. The highest BCUT2D eigenvalue weighted by Crippen LogP contribution is 2.28. The Kier molecular flexibility index (Phi) is 5.13. The zero-order valence-electron chi connectivity index (χ0n) is 15.1. The van der Waals surface area contributed by atoms with Gasteiger partial charge in [-0.15, -0.1) is 10.2 Å². The predicted molar refractivity (Wildman–Crippen MR) is 98.1 cm³/mol. The molecule has 2 fully saturated rings. The van der Waals surface area contributed by atoms with E-state index in [1.165, 1.54) is 45.3 Å². The lowest BCUT2D eigenvalue weighted by molar-refractivity contribution is 0.109. The molecule has 0 spiro atoms. The Morgan fingerprint density at radius 2 is 1.76 bits per heavy atom. The third kappa shape index (κ3) is 3.93. The highest BCUT2D eigenvalue weighted by atomic mass is 16.4. The summed E-state index contributed by atoms with van der Waals surface area (Å²) in [6.07, 6.45) is 5.33. The van der Waals surface area contributed by atoms with Crippen LogP contribution in [0.15, 0.2) is 34.7 Å². The van der Waals surface area contributed by atoms with Crippen LogP contribution in [0.2, 0.25) is 0 Å². The van der Waals surface area contributed by atoms with Crippen molar-refractivity contribution in [1.29, 1.82) is 0 Å². The summed E-state index contributed by atoms with van der Waals surface area (Å²) in [6, 6.07) is 10.2. The van der Waals surface area contributed by atoms with E-state index in [9.17, 15) is 0 Å². The highest BCUT2D eigenvalue weighted by Gasteiger charge is 2.28. The zero-order chi connectivity index (χ0) is 17.1. The quantitative estimate of drug-likeness (QED) is 0.832. The van der Waals surface area contributed by atoms with Crippen LogP contribution in [-0.2, 0) is 0 Å². The van der Waals surface area contributed by atoms with E-state index in [1.54, 1.807) is 0 Å². The van der Waals surface area contributed by atoms with Crippen molar-refractivity contribution in [3.63, 3.8) is 0 Å². The molecule has 4 rings (SSSR count). The molecule has 1 aromatic carbocycles. The second-order valence-electron chi connectivity index (χ2n) is 7.47. The molecule has 1 atom stereocenters. The number of hydrogen-bond acceptors (Lipinski definition) is 5. The van der Waals surface area contributed by atoms with E-state index in [-0.39, 0.29) is 6.04 Å². The van der Waals surface area contributed by atoms with Gasteiger partial charge in [-0.25, -0.2) is 0 Å². The van der Waals surface area contributed by atoms with Gasteiger partial charge in [0.2, 0.25) is 11.8 Å². The van der Waals surface area contributed by atoms with Gasteiger partial charge >= 0.3 is 0 Å². The molecule has 2 saturated heterocycles. The van der Waals surface area contributed by atoms with Crippen LogP contribution in [0.5, 0.6) is 0 Å². The number of nitrogens with zero attached hydrogens (tertiary/aromatic N) is 4. The summed E-state index contributed by atoms with van der Waals surface area (Å²) < 4.78 is 5.95. The van der Waals surface area contributed by atoms with Crippen LogP contribution in [0.1, 0.15) is 44.5 Å². The van der Waals surface area contributed by atoms with E-state index in [2.05, 4.69) is 26.9 Å². The number of aromatic nitrogens is 2. The number of hydrogen-bond donors (Lipinski definition) is 0. The first-order valence-corrected chi connectivity index (χ1v) is 9.65. The van der Waals surface area contributed by atoms with Crippen molar-refractivity contribution in [3.05, 3.63) is 36.2 Å². The summed E-state index contributed by atoms with van der Waals surface area (Å²) in [7, 11) is 0. The minimum atomic E-state index is 0.192. The summed E-state index contributed by atoms with van der Waals surface area (Å²) >= 11 is 0. The minimum Gasteiger partial charge on any atom is -0.419 e. The van der Waals surface area contributed by atoms with Crippen molar-refractivity contribution in [3.8, 4) is 11.5 Å². The first kappa shape index (κ1) is 16.7. The van der Waals surface area contributed by atoms with Crippen molar-refractivity contribution in [2.24, 2.45) is 5.92 Å². The molecule has 0 bridgehead atoms. The summed E-state index contributed by atoms with van der Waals surface area (Å²) in [5.41, 5.74) is 0.984. The fourth-order valence-electron chi connectivity index (χ4n) is 4.11. The molecular formula is C20H28N4O. The summed E-state index contributed by atoms with van der Waals surface area (Å²) in [5, 5.41) is 8.54. The van der Waals surface area contributed by atoms with Crippen molar-refractivity contribution < 1.29 is 4.42 Å². The van der Waals surface area contributed by atoms with E-state index < -0.39 is 0 Å². The fourth-order valence-corrected chi connectivity index (χ4v) is 4.11. The van der Waals surface area contributed by atoms with E-state index in [0.29, 0.717) is 5.89 Å². The van der Waals surface area contributed by atoms with Gasteiger partial charge in [0.25, 0.3) is 0 Å². The molecular weight excluding hydrogens is 312 g/mol. The molecule has 0 saturated carbocycles. The highest BCUT2D eigenvalue weighted by molar-refractivity contribution is 5.51. The van der Waals surface area contributed by atoms with E-state index in [0.717, 1.165) is 30.5 Å². The Labute approximate surface area is 150 Å². The monoisotopic (exact) mass is 340 g/mol. The molecule has 1 unspecified atom stereocenters. The van der Waals surface area contributed by atoms with Gasteiger partial charge in [0.1, 0.15) is 0 Å². The number of likely N-dealkylation sites (tertiary alicyclic amines) is 2. The molecule has 2 aliphatic heterocycles. The van der Waals surface area contributed by atoms with Gasteiger partial charge in [0.05, 0.1) is 6.04 Å². The van der Waals surface area contributed by atoms with Crippen molar-refractivity contribution in [1.82, 2.24) is 20.0 Å². The van der Waals surface area contributed by atoms with Crippen LogP contribution in [-0.4, -0.2) is 52.7 Å². The van der Waals surface area contributed by atoms with Crippen molar-refractivity contribution in [2.45, 2.75) is 38.6 Å². The van der Waals surface area contributed by atoms with Gasteiger partial charge in [0.15, 0.2) is 0 Å². The largest absolute Gasteiger partial charge is 0.419 e. The smallest absolute Gasteiger partial charge is 0.247 e. The Bertz CT molecular complexity index is 657. The van der Waals surface area contributed by atoms with Crippen LogP contribution in [0, 0.1) is 5.92 Å². The van der Waals surface area contributed by atoms with Crippen molar-refractivity contribution in [2.75, 3.05) is 32.7 Å². The molecule has 2 aliphatic rings. The van der Waals surface area contributed by atoms with Crippen LogP contribution < -0.4 is 0 Å². The van der Waals surface area contributed by atoms with Crippen LogP contribution in [0.3, 0.4) is 0 Å². The molecule has 0 radical (unpaired) electrons. The first-order chi connectivity index (χ1) is 12.3. The van der Waals surface area contributed by atoms with Gasteiger partial charge in [-0.1, -0.05) is 18.2 Å². The second-order valence-corrected chi connectivity index (χ2v) is 7.47. The SMILES string of the molecule is CC(c1nnc(-c2ccccc2)o1)N1CCC(CN2CCCC2)CC1. The molecule has 134 valence electrons. The first-order valence-electron chi connectivity index (χ1n) is 9.65. The van der Waals surface area contributed by atoms with E-state index in [4.69, 9.17) is 4.42 Å². The molecule has 5 heteroatoms. The van der Waals surface area contributed by atoms with Gasteiger partial charge in [-0.3, -0.25) is 4.90 Å². The molecule has 2 aromatic rings. The van der Waals surface area contributed by atoms with Crippen LogP contribution in [0.4, 0.5) is 0 Å². The molecule has 25 heavy (non-hydrogen) atoms. The fraction of sp³-hybridized carbons (Fsp3) is 0.600. The molecule has 0 aliphatic carbocycles. The number of rotatable bonds is 5. The Balaban J connectivity index is 1.33. The summed E-state index contributed by atoms with van der Waals surface area (Å²) in [4.78, 5) is 5.14. The predicted octanol–water partition coefficient (Wildman–Crippen LogP) is 3.61. The molecule has 3 heterocycles. The third-order valence-corrected chi connectivity index (χ3v) is 5.73. The maximum absolute atomic E-state index is 5.95. The van der Waals surface area contributed by atoms with Crippen LogP contribution >= 0.6 is 0 Å². The number of benzene rings is 1. The molecule has 1 aromatic heterocycles. The minimum absolute atomic E-state index is 0.192. The Morgan fingerprint density at radius 1 is 1.04 bits per heavy atom. The van der Waals surface area contributed by atoms with Gasteiger partial charge in [-0.2, -0.15) is 0 Å². The van der Waals surface area contributed by atoms with Crippen molar-refractivity contribution >= 4 is 0 Å². The summed E-state index contributed by atoms with van der Waals surface area (Å²) in [6.45, 7) is 8.34. The topological polar surface area (TPSA) is 45.4 Å². The average Bonchev–Trinajstić information content (AvgIpc) is 3.34. The second kappa shape index (κ2) is 7.67. The number of piperidine rings is 1. The lowest BCUT2D eigenvalue weighted by Gasteiger charge is -2.36. The van der Waals surface area contributed by atoms with E-state index >= 15 is 0 Å². The maximum Gasteiger partial charge on any atom is 0.247 e. The molecule has 5 nitrogen and oxygen atoms in total. The Morgan fingerprint density at radius 3 is 2.48 bits per heavy atom. The zero-order valence-corrected chi connectivity index (χ0v) is 15.1. The molecule has 0 amide bonds. The third-order valence-electron chi connectivity index (χ3n) is 5.73. The van der Waals surface area contributed by atoms with E-state index in [1.807, 2.05) is 30.3 Å². The average molecular weight is 340 g/mol. The maximum atomic E-state index is 5.95. The summed E-state index contributed by atoms with van der Waals surface area (Å²) in [5.74, 6) is 2.20. The lowest BCUT2D eigenvalue weighted by Crippen LogP contribution is -2.39. The Hall–Kier alpha value is -1.72.